The molecule has 2 aromatic carbocycles. The number of fused-ring (bicyclic) bond motifs is 2. The number of rotatable bonds is 5. The van der Waals surface area contributed by atoms with Crippen LogP contribution in [-0.4, -0.2) is 65.2 Å². The van der Waals surface area contributed by atoms with Crippen LogP contribution in [0.1, 0.15) is 91.0 Å². The van der Waals surface area contributed by atoms with Crippen molar-refractivity contribution in [3.8, 4) is 33.6 Å². The molecular formula is C38H43FN6O4. The number of carbonyl (C=O) groups is 2. The monoisotopic (exact) mass is 666 g/mol. The second-order valence-corrected chi connectivity index (χ2v) is 16.0. The van der Waals surface area contributed by atoms with Gasteiger partial charge in [0.1, 0.15) is 28.5 Å². The van der Waals surface area contributed by atoms with Crippen LogP contribution < -0.4 is 0 Å². The van der Waals surface area contributed by atoms with Crippen molar-refractivity contribution in [2.24, 2.45) is 11.8 Å². The van der Waals surface area contributed by atoms with Crippen molar-refractivity contribution in [2.75, 3.05) is 0 Å². The summed E-state index contributed by atoms with van der Waals surface area (Å²) in [5, 5.41) is 0. The first-order valence-corrected chi connectivity index (χ1v) is 17.3. The number of aromatic nitrogens is 4. The second kappa shape index (κ2) is 11.2. The number of nitrogens with zero attached hydrogens (tertiary/aromatic N) is 4. The number of carbonyl (C=O) groups excluding carboxylic acids is 2. The molecule has 256 valence electrons. The van der Waals surface area contributed by atoms with Crippen LogP contribution in [-0.2, 0) is 9.47 Å². The number of H-pyrrole nitrogens is 2. The Labute approximate surface area is 285 Å². The lowest BCUT2D eigenvalue weighted by Gasteiger charge is -2.29. The summed E-state index contributed by atoms with van der Waals surface area (Å²) in [6.07, 6.45) is 4.79. The molecule has 0 radical (unpaired) electrons. The molecule has 2 N–H and O–H groups in total. The van der Waals surface area contributed by atoms with Gasteiger partial charge in [-0.15, -0.1) is 0 Å². The molecule has 0 bridgehead atoms. The number of hydrogen-bond acceptors (Lipinski definition) is 6. The lowest BCUT2D eigenvalue weighted by atomic mass is 10.0. The maximum Gasteiger partial charge on any atom is 0.411 e. The summed E-state index contributed by atoms with van der Waals surface area (Å²) in [5.41, 5.74) is 3.61. The van der Waals surface area contributed by atoms with Gasteiger partial charge >= 0.3 is 12.2 Å². The van der Waals surface area contributed by atoms with Crippen molar-refractivity contribution in [1.29, 1.82) is 0 Å². The summed E-state index contributed by atoms with van der Waals surface area (Å²) >= 11 is 0. The Balaban J connectivity index is 0.952. The Morgan fingerprint density at radius 1 is 0.694 bits per heavy atom. The average molecular weight is 667 g/mol. The van der Waals surface area contributed by atoms with E-state index in [1.165, 1.54) is 0 Å². The van der Waals surface area contributed by atoms with Gasteiger partial charge in [-0.25, -0.2) is 19.6 Å². The zero-order valence-electron chi connectivity index (χ0n) is 28.8. The lowest BCUT2D eigenvalue weighted by Crippen LogP contribution is -2.38. The SMILES string of the molecule is CC(C)(C)OC(=O)N1[C@@H]2C[C@@H]2C[C@H]1c1ncc(-c2ccc(-c3ccc(-c4nc([C@@H]5C[C@H]6C[C@H]6N5C(=O)OC(C)(C)C)[nH]c4F)cc3)cc2)[nH]1. The third-order valence-corrected chi connectivity index (χ3v) is 10.0. The van der Waals surface area contributed by atoms with Gasteiger partial charge in [0.15, 0.2) is 0 Å². The van der Waals surface area contributed by atoms with Crippen LogP contribution in [0.25, 0.3) is 33.6 Å². The number of ether oxygens (including phenoxy) is 2. The van der Waals surface area contributed by atoms with Crippen LogP contribution in [0, 0.1) is 17.8 Å². The van der Waals surface area contributed by atoms with Gasteiger partial charge in [-0.2, -0.15) is 4.39 Å². The zero-order valence-corrected chi connectivity index (χ0v) is 28.8. The number of imidazole rings is 2. The van der Waals surface area contributed by atoms with Crippen LogP contribution in [0.2, 0.25) is 0 Å². The Bertz CT molecular complexity index is 1900. The van der Waals surface area contributed by atoms with Crippen molar-refractivity contribution in [3.05, 3.63) is 72.3 Å². The van der Waals surface area contributed by atoms with Crippen molar-refractivity contribution >= 4 is 12.2 Å². The predicted molar refractivity (Wildman–Crippen MR) is 182 cm³/mol. The third kappa shape index (κ3) is 6.08. The first kappa shape index (κ1) is 31.6. The molecule has 4 heterocycles. The second-order valence-electron chi connectivity index (χ2n) is 16.0. The number of nitrogens with one attached hydrogen (secondary N) is 2. The van der Waals surface area contributed by atoms with E-state index < -0.39 is 17.1 Å². The average Bonchev–Trinajstić information content (AvgIpc) is 3.67. The first-order chi connectivity index (χ1) is 23.2. The smallest absolute Gasteiger partial charge is 0.411 e. The Morgan fingerprint density at radius 2 is 1.16 bits per heavy atom. The summed E-state index contributed by atoms with van der Waals surface area (Å²) in [6.45, 7) is 11.2. The fourth-order valence-corrected chi connectivity index (χ4v) is 7.59. The minimum absolute atomic E-state index is 0.117. The highest BCUT2D eigenvalue weighted by Crippen LogP contribution is 2.54. The number of piperidine rings is 2. The number of halogens is 1. The maximum absolute atomic E-state index is 15.2. The standard InChI is InChI=1S/C38H43FN6O4/c1-37(2,3)48-35(46)44-27-15-24(27)17-29(44)33-40-19-26(41-33)22-11-7-20(8-12-22)21-9-13-23(14-10-21)31-32(39)43-34(42-31)30-18-25-16-28(25)45(30)36(47)49-38(4,5)6/h7-14,19,24-25,27-30H,15-18H2,1-6H3,(H,40,41)(H,42,43)/t24-,25-,27-,28-,29+,30+/m1/s1. The molecule has 2 amide bonds. The summed E-state index contributed by atoms with van der Waals surface area (Å²) in [6, 6.07) is 15.7. The van der Waals surface area contributed by atoms with Crippen molar-refractivity contribution in [2.45, 2.75) is 103 Å². The molecule has 4 fully saturated rings. The molecule has 10 nitrogen and oxygen atoms in total. The van der Waals surface area contributed by atoms with E-state index in [9.17, 15) is 9.59 Å². The van der Waals surface area contributed by atoms with E-state index in [0.717, 1.165) is 53.9 Å². The Hall–Kier alpha value is -4.67. The summed E-state index contributed by atoms with van der Waals surface area (Å²) in [5.74, 6) is 1.64. The highest BCUT2D eigenvalue weighted by Gasteiger charge is 2.57. The Morgan fingerprint density at radius 3 is 1.67 bits per heavy atom. The minimum atomic E-state index is -0.610. The molecule has 2 saturated carbocycles. The topological polar surface area (TPSA) is 116 Å². The van der Waals surface area contributed by atoms with Gasteiger partial charge in [0.05, 0.1) is 24.0 Å². The van der Waals surface area contributed by atoms with Gasteiger partial charge in [0, 0.05) is 17.6 Å². The van der Waals surface area contributed by atoms with Gasteiger partial charge in [-0.1, -0.05) is 48.5 Å². The molecule has 11 heteroatoms. The third-order valence-electron chi connectivity index (χ3n) is 10.0. The van der Waals surface area contributed by atoms with E-state index in [4.69, 9.17) is 9.47 Å². The molecule has 2 aliphatic heterocycles. The van der Waals surface area contributed by atoms with E-state index >= 15 is 4.39 Å². The molecule has 2 saturated heterocycles. The van der Waals surface area contributed by atoms with Crippen molar-refractivity contribution < 1.29 is 23.5 Å². The number of likely N-dealkylation sites (tertiary alicyclic amines) is 2. The molecule has 4 aliphatic rings. The predicted octanol–water partition coefficient (Wildman–Crippen LogP) is 8.41. The highest BCUT2D eigenvalue weighted by atomic mass is 19.1. The van der Waals surface area contributed by atoms with Crippen molar-refractivity contribution in [3.63, 3.8) is 0 Å². The Kier molecular flexibility index (Phi) is 7.21. The first-order valence-electron chi connectivity index (χ1n) is 17.3. The quantitative estimate of drug-likeness (QED) is 0.221. The van der Waals surface area contributed by atoms with E-state index in [-0.39, 0.29) is 42.0 Å². The minimum Gasteiger partial charge on any atom is -0.444 e. The molecule has 8 rings (SSSR count). The fourth-order valence-electron chi connectivity index (χ4n) is 7.59. The molecule has 0 unspecified atom stereocenters. The van der Waals surface area contributed by atoms with E-state index in [1.54, 1.807) is 4.90 Å². The van der Waals surface area contributed by atoms with E-state index in [0.29, 0.717) is 23.2 Å². The summed E-state index contributed by atoms with van der Waals surface area (Å²) in [4.78, 5) is 45.2. The number of aromatic amines is 2. The number of amides is 2. The molecule has 6 atom stereocenters. The van der Waals surface area contributed by atoms with Crippen LogP contribution in [0.3, 0.4) is 0 Å². The molecular weight excluding hydrogens is 623 g/mol. The molecule has 2 aliphatic carbocycles. The van der Waals surface area contributed by atoms with Gasteiger partial charge in [-0.05, 0) is 95.8 Å². The van der Waals surface area contributed by atoms with E-state index in [1.807, 2.05) is 101 Å². The number of hydrogen-bond donors (Lipinski definition) is 2. The van der Waals surface area contributed by atoms with Crippen LogP contribution in [0.5, 0.6) is 0 Å². The number of benzene rings is 2. The molecule has 2 aromatic heterocycles. The molecule has 4 aromatic rings. The molecule has 0 spiro atoms. The summed E-state index contributed by atoms with van der Waals surface area (Å²) < 4.78 is 26.6. The molecule has 49 heavy (non-hydrogen) atoms. The maximum atomic E-state index is 15.2. The lowest BCUT2D eigenvalue weighted by molar-refractivity contribution is 0.0164. The van der Waals surface area contributed by atoms with Crippen LogP contribution in [0.4, 0.5) is 14.0 Å². The van der Waals surface area contributed by atoms with Gasteiger partial charge in [0.2, 0.25) is 5.95 Å². The van der Waals surface area contributed by atoms with Crippen LogP contribution in [0.15, 0.2) is 54.7 Å². The normalized spacial score (nSPS) is 25.6. The van der Waals surface area contributed by atoms with Gasteiger partial charge < -0.3 is 19.4 Å². The van der Waals surface area contributed by atoms with Crippen LogP contribution >= 0.6 is 0 Å². The van der Waals surface area contributed by atoms with Gasteiger partial charge in [-0.3, -0.25) is 9.80 Å². The zero-order chi connectivity index (χ0) is 34.4. The van der Waals surface area contributed by atoms with Crippen molar-refractivity contribution in [1.82, 2.24) is 29.7 Å². The largest absolute Gasteiger partial charge is 0.444 e. The fraction of sp³-hybridized carbons (Fsp3) is 0.474. The summed E-state index contributed by atoms with van der Waals surface area (Å²) in [7, 11) is 0. The van der Waals surface area contributed by atoms with E-state index in [2.05, 4.69) is 19.9 Å². The highest BCUT2D eigenvalue weighted by molar-refractivity contribution is 5.73. The van der Waals surface area contributed by atoms with Gasteiger partial charge in [0.25, 0.3) is 0 Å².